The Labute approximate surface area is 126 Å². The van der Waals surface area contributed by atoms with Gasteiger partial charge in [-0.1, -0.05) is 0 Å². The number of hydrogen-bond acceptors (Lipinski definition) is 5. The lowest BCUT2D eigenvalue weighted by Gasteiger charge is -2.40. The Balaban J connectivity index is 1.99. The van der Waals surface area contributed by atoms with Crippen molar-refractivity contribution in [3.05, 3.63) is 17.8 Å². The van der Waals surface area contributed by atoms with Crippen LogP contribution in [0.5, 0.6) is 0 Å². The lowest BCUT2D eigenvalue weighted by atomic mass is 10.2. The standard InChI is InChI=1S/C15H24N4O2/c1-11-6-7-13(17-16-11)18-8-9-19(12(2)10-18)14(20)21-15(3,4)5/h6-7,12H,8-10H2,1-5H3/t12-/m0/s1. The van der Waals surface area contributed by atoms with Gasteiger partial charge in [-0.05, 0) is 46.8 Å². The molecule has 1 saturated heterocycles. The predicted octanol–water partition coefficient (Wildman–Crippen LogP) is 2.23. The van der Waals surface area contributed by atoms with Crippen LogP contribution in [0.4, 0.5) is 10.6 Å². The third kappa shape index (κ3) is 4.06. The van der Waals surface area contributed by atoms with Gasteiger partial charge in [0.1, 0.15) is 5.60 Å². The van der Waals surface area contributed by atoms with Gasteiger partial charge in [0.2, 0.25) is 0 Å². The maximum atomic E-state index is 12.2. The molecule has 0 N–H and O–H groups in total. The van der Waals surface area contributed by atoms with Gasteiger partial charge in [0.05, 0.1) is 5.69 Å². The predicted molar refractivity (Wildman–Crippen MR) is 81.4 cm³/mol. The van der Waals surface area contributed by atoms with E-state index in [9.17, 15) is 4.79 Å². The summed E-state index contributed by atoms with van der Waals surface area (Å²) in [4.78, 5) is 16.1. The van der Waals surface area contributed by atoms with E-state index in [0.717, 1.165) is 24.6 Å². The summed E-state index contributed by atoms with van der Waals surface area (Å²) in [6, 6.07) is 4.00. The second-order valence-corrected chi connectivity index (χ2v) is 6.50. The summed E-state index contributed by atoms with van der Waals surface area (Å²) in [5.74, 6) is 0.858. The van der Waals surface area contributed by atoms with Crippen molar-refractivity contribution in [2.75, 3.05) is 24.5 Å². The Kier molecular flexibility index (Phi) is 4.34. The van der Waals surface area contributed by atoms with E-state index in [0.29, 0.717) is 6.54 Å². The minimum absolute atomic E-state index is 0.0803. The number of aryl methyl sites for hydroxylation is 1. The minimum atomic E-state index is -0.462. The quantitative estimate of drug-likeness (QED) is 0.794. The van der Waals surface area contributed by atoms with Crippen LogP contribution in [0.15, 0.2) is 12.1 Å². The van der Waals surface area contributed by atoms with E-state index in [-0.39, 0.29) is 12.1 Å². The van der Waals surface area contributed by atoms with E-state index < -0.39 is 5.60 Å². The summed E-state index contributed by atoms with van der Waals surface area (Å²) in [7, 11) is 0. The number of piperazine rings is 1. The van der Waals surface area contributed by atoms with Crippen LogP contribution in [0.25, 0.3) is 0 Å². The first-order valence-corrected chi connectivity index (χ1v) is 7.31. The van der Waals surface area contributed by atoms with Crippen LogP contribution < -0.4 is 4.90 Å². The zero-order chi connectivity index (χ0) is 15.6. The number of carbonyl (C=O) groups excluding carboxylic acids is 1. The number of anilines is 1. The van der Waals surface area contributed by atoms with Gasteiger partial charge in [-0.3, -0.25) is 0 Å². The summed E-state index contributed by atoms with van der Waals surface area (Å²) < 4.78 is 5.44. The summed E-state index contributed by atoms with van der Waals surface area (Å²) in [6.07, 6.45) is -0.246. The van der Waals surface area contributed by atoms with E-state index in [1.165, 1.54) is 0 Å². The van der Waals surface area contributed by atoms with Gasteiger partial charge >= 0.3 is 6.09 Å². The number of rotatable bonds is 1. The van der Waals surface area contributed by atoms with E-state index in [4.69, 9.17) is 4.74 Å². The third-order valence-corrected chi connectivity index (χ3v) is 3.36. The molecule has 6 heteroatoms. The zero-order valence-corrected chi connectivity index (χ0v) is 13.5. The van der Waals surface area contributed by atoms with Crippen LogP contribution in [-0.4, -0.2) is 52.5 Å². The van der Waals surface area contributed by atoms with Crippen molar-refractivity contribution in [1.29, 1.82) is 0 Å². The van der Waals surface area contributed by atoms with Gasteiger partial charge in [-0.2, -0.15) is 5.10 Å². The molecule has 0 saturated carbocycles. The van der Waals surface area contributed by atoms with E-state index in [1.54, 1.807) is 4.90 Å². The van der Waals surface area contributed by atoms with Gasteiger partial charge in [0.15, 0.2) is 5.82 Å². The van der Waals surface area contributed by atoms with Gasteiger partial charge in [0.25, 0.3) is 0 Å². The van der Waals surface area contributed by atoms with Crippen molar-refractivity contribution in [1.82, 2.24) is 15.1 Å². The van der Waals surface area contributed by atoms with Crippen LogP contribution >= 0.6 is 0 Å². The minimum Gasteiger partial charge on any atom is -0.444 e. The van der Waals surface area contributed by atoms with Crippen molar-refractivity contribution >= 4 is 11.9 Å². The highest BCUT2D eigenvalue weighted by Crippen LogP contribution is 2.19. The van der Waals surface area contributed by atoms with E-state index >= 15 is 0 Å². The van der Waals surface area contributed by atoms with Crippen LogP contribution in [0, 0.1) is 6.92 Å². The number of hydrogen-bond donors (Lipinski definition) is 0. The Morgan fingerprint density at radius 3 is 2.52 bits per heavy atom. The number of ether oxygens (including phenoxy) is 1. The monoisotopic (exact) mass is 292 g/mol. The lowest BCUT2D eigenvalue weighted by molar-refractivity contribution is 0.0158. The molecule has 1 amide bonds. The first-order chi connectivity index (χ1) is 9.76. The lowest BCUT2D eigenvalue weighted by Crippen LogP contribution is -2.55. The molecule has 2 heterocycles. The van der Waals surface area contributed by atoms with Crippen LogP contribution in [-0.2, 0) is 4.74 Å². The Hall–Kier alpha value is -1.85. The van der Waals surface area contributed by atoms with Crippen molar-refractivity contribution < 1.29 is 9.53 Å². The van der Waals surface area contributed by atoms with Crippen molar-refractivity contribution in [3.63, 3.8) is 0 Å². The molecule has 2 rings (SSSR count). The molecule has 0 bridgehead atoms. The van der Waals surface area contributed by atoms with Gasteiger partial charge in [0, 0.05) is 25.7 Å². The average Bonchev–Trinajstić information content (AvgIpc) is 2.37. The van der Waals surface area contributed by atoms with Gasteiger partial charge in [-0.25, -0.2) is 4.79 Å². The summed E-state index contributed by atoms with van der Waals surface area (Å²) >= 11 is 0. The molecule has 1 aromatic heterocycles. The number of amides is 1. The molecule has 1 atom stereocenters. The molecule has 0 unspecified atom stereocenters. The Morgan fingerprint density at radius 2 is 2.00 bits per heavy atom. The third-order valence-electron chi connectivity index (χ3n) is 3.36. The first-order valence-electron chi connectivity index (χ1n) is 7.31. The maximum Gasteiger partial charge on any atom is 0.410 e. The highest BCUT2D eigenvalue weighted by Gasteiger charge is 2.31. The highest BCUT2D eigenvalue weighted by atomic mass is 16.6. The van der Waals surface area contributed by atoms with Crippen molar-refractivity contribution in [2.24, 2.45) is 0 Å². The largest absolute Gasteiger partial charge is 0.444 e. The van der Waals surface area contributed by atoms with Crippen LogP contribution in [0.2, 0.25) is 0 Å². The Morgan fingerprint density at radius 1 is 1.29 bits per heavy atom. The fourth-order valence-corrected chi connectivity index (χ4v) is 2.32. The molecule has 0 radical (unpaired) electrons. The maximum absolute atomic E-state index is 12.2. The second-order valence-electron chi connectivity index (χ2n) is 6.50. The molecular weight excluding hydrogens is 268 g/mol. The van der Waals surface area contributed by atoms with Crippen molar-refractivity contribution in [3.8, 4) is 0 Å². The zero-order valence-electron chi connectivity index (χ0n) is 13.5. The number of nitrogens with zero attached hydrogens (tertiary/aromatic N) is 4. The molecule has 0 aliphatic carbocycles. The SMILES string of the molecule is Cc1ccc(N2CCN(C(=O)OC(C)(C)C)[C@@H](C)C2)nn1. The molecule has 1 aliphatic heterocycles. The summed E-state index contributed by atoms with van der Waals surface area (Å²) in [5.41, 5.74) is 0.440. The molecule has 0 aromatic carbocycles. The number of carbonyl (C=O) groups is 1. The summed E-state index contributed by atoms with van der Waals surface area (Å²) in [6.45, 7) is 11.7. The fraction of sp³-hybridized carbons (Fsp3) is 0.667. The van der Waals surface area contributed by atoms with Crippen LogP contribution in [0.1, 0.15) is 33.4 Å². The van der Waals surface area contributed by atoms with Gasteiger partial charge < -0.3 is 14.5 Å². The molecular formula is C15H24N4O2. The molecule has 1 fully saturated rings. The molecule has 116 valence electrons. The normalized spacial score (nSPS) is 19.6. The van der Waals surface area contributed by atoms with Crippen molar-refractivity contribution in [2.45, 2.75) is 46.3 Å². The molecule has 1 aliphatic rings. The molecule has 6 nitrogen and oxygen atoms in total. The highest BCUT2D eigenvalue weighted by molar-refractivity contribution is 5.69. The van der Waals surface area contributed by atoms with Gasteiger partial charge in [-0.15, -0.1) is 5.10 Å². The topological polar surface area (TPSA) is 58.6 Å². The van der Waals surface area contributed by atoms with E-state index in [1.807, 2.05) is 46.8 Å². The molecule has 0 spiro atoms. The smallest absolute Gasteiger partial charge is 0.410 e. The molecule has 1 aromatic rings. The van der Waals surface area contributed by atoms with Crippen LogP contribution in [0.3, 0.4) is 0 Å². The average molecular weight is 292 g/mol. The summed E-state index contributed by atoms with van der Waals surface area (Å²) in [5, 5.41) is 8.29. The Bertz CT molecular complexity index is 495. The number of aromatic nitrogens is 2. The first kappa shape index (κ1) is 15.5. The van der Waals surface area contributed by atoms with E-state index in [2.05, 4.69) is 15.1 Å². The molecule has 21 heavy (non-hydrogen) atoms. The second kappa shape index (κ2) is 5.87. The fourth-order valence-electron chi connectivity index (χ4n) is 2.32.